The molecule has 6 aliphatic heterocycles. The van der Waals surface area contributed by atoms with Crippen molar-refractivity contribution >= 4 is 116 Å². The summed E-state index contributed by atoms with van der Waals surface area (Å²) in [5.41, 5.74) is 8.05. The number of carbonyl (C=O) groups is 10. The van der Waals surface area contributed by atoms with Crippen molar-refractivity contribution in [2.45, 2.75) is 118 Å². The van der Waals surface area contributed by atoms with Crippen LogP contribution >= 0.6 is 45.9 Å². The first-order valence-corrected chi connectivity index (χ1v) is 36.1. The summed E-state index contributed by atoms with van der Waals surface area (Å²) in [6, 6.07) is 21.1. The summed E-state index contributed by atoms with van der Waals surface area (Å²) in [4.78, 5) is 138. The molecule has 9 amide bonds. The number of aliphatic imine (C=N–C) groups is 2. The second-order valence-corrected chi connectivity index (χ2v) is 28.4. The molecule has 10 heterocycles. The molecule has 8 aromatic rings. The van der Waals surface area contributed by atoms with Crippen molar-refractivity contribution in [3.63, 3.8) is 0 Å². The highest BCUT2D eigenvalue weighted by molar-refractivity contribution is 7.15. The predicted octanol–water partition coefficient (Wildman–Crippen LogP) is 8.97. The molecule has 4 N–H and O–H groups in total. The van der Waals surface area contributed by atoms with Gasteiger partial charge in [0.2, 0.25) is 29.5 Å². The maximum atomic E-state index is 13.3. The summed E-state index contributed by atoms with van der Waals surface area (Å²) in [6.45, 7) is 15.9. The number of fused-ring (bicyclic) bond motifs is 8. The van der Waals surface area contributed by atoms with E-state index in [4.69, 9.17) is 52.1 Å². The van der Waals surface area contributed by atoms with Crippen LogP contribution in [0.25, 0.3) is 10.0 Å². The van der Waals surface area contributed by atoms with Crippen LogP contribution in [0.3, 0.4) is 0 Å². The lowest BCUT2D eigenvalue weighted by molar-refractivity contribution is -0.138. The van der Waals surface area contributed by atoms with Crippen LogP contribution in [0.4, 0.5) is 0 Å². The van der Waals surface area contributed by atoms with Crippen molar-refractivity contribution in [3.8, 4) is 21.5 Å². The number of carbonyl (C=O) groups excluding carboxylic acids is 9. The Hall–Kier alpha value is -10.5. The Labute approximate surface area is 619 Å². The van der Waals surface area contributed by atoms with E-state index in [2.05, 4.69) is 64.0 Å². The zero-order valence-electron chi connectivity index (χ0n) is 58.0. The van der Waals surface area contributed by atoms with Gasteiger partial charge in [0.05, 0.1) is 66.3 Å². The normalized spacial score (nSPS) is 17.8. The van der Waals surface area contributed by atoms with Gasteiger partial charge in [0, 0.05) is 68.0 Å². The van der Waals surface area contributed by atoms with Gasteiger partial charge in [0.15, 0.2) is 11.6 Å². The summed E-state index contributed by atoms with van der Waals surface area (Å²) in [5.74, 6) is -2.68. The third-order valence-electron chi connectivity index (χ3n) is 18.2. The van der Waals surface area contributed by atoms with Gasteiger partial charge in [-0.15, -0.1) is 43.1 Å². The second-order valence-electron chi connectivity index (χ2n) is 25.1. The number of imide groups is 4. The van der Waals surface area contributed by atoms with Crippen LogP contribution in [0, 0.1) is 41.5 Å². The first kappa shape index (κ1) is 74.2. The average molecular weight is 1510 g/mol. The van der Waals surface area contributed by atoms with E-state index in [1.807, 2.05) is 78.4 Å². The fourth-order valence-electron chi connectivity index (χ4n) is 12.9. The van der Waals surface area contributed by atoms with Gasteiger partial charge < -0.3 is 29.4 Å². The van der Waals surface area contributed by atoms with Crippen LogP contribution in [0.5, 0.6) is 11.5 Å². The Morgan fingerprint density at radius 1 is 0.543 bits per heavy atom. The number of halogens is 2. The predicted molar refractivity (Wildman–Crippen MR) is 386 cm³/mol. The number of rotatable bonds is 21. The number of aliphatic carboxylic acids is 1. The fraction of sp³-hybridized carbons (Fsp3) is 0.342. The van der Waals surface area contributed by atoms with E-state index in [1.54, 1.807) is 46.9 Å². The van der Waals surface area contributed by atoms with Crippen LogP contribution in [0.15, 0.2) is 94.9 Å². The average Bonchev–Trinajstić information content (AvgIpc) is 1.62. The van der Waals surface area contributed by atoms with Gasteiger partial charge in [-0.25, -0.2) is 0 Å². The van der Waals surface area contributed by atoms with Crippen molar-refractivity contribution in [1.82, 2.24) is 55.3 Å². The monoisotopic (exact) mass is 1500 g/mol. The molecule has 2 fully saturated rings. The van der Waals surface area contributed by atoms with Gasteiger partial charge in [0.1, 0.15) is 70.5 Å². The van der Waals surface area contributed by atoms with E-state index in [0.29, 0.717) is 40.7 Å². The molecule has 105 heavy (non-hydrogen) atoms. The molecule has 0 radical (unpaired) electrons. The van der Waals surface area contributed by atoms with Crippen LogP contribution in [0.1, 0.15) is 172 Å². The van der Waals surface area contributed by atoms with Gasteiger partial charge in [-0.2, -0.15) is 0 Å². The van der Waals surface area contributed by atoms with Crippen molar-refractivity contribution in [2.24, 2.45) is 9.98 Å². The number of carboxylic acids is 1. The Bertz CT molecular complexity index is 4910. The van der Waals surface area contributed by atoms with E-state index in [0.717, 1.165) is 81.7 Å². The number of amides is 9. The molecule has 4 atom stereocenters. The SMILES string of the molecule is CCCOCCOc1cccc2c1C(=O)N(C1CCC(=O)NC1=O)C2=O.Cc1sc2c(c1C)C(c1ccc(Cl)cc1)=N[C@@H](CC(=O)NCCOCCOc1cccc3c1C(=O)N(C1CCC(=O)NC1=O)C3=O)c1nnc(C)n1-2.Cc1sc2c(c1C)C(c1ccc(Cl)cc1)=N[C@@H](CC(=O)O)c1nnc(C)n1-2. The minimum atomic E-state index is -1.07. The largest absolute Gasteiger partial charge is 0.490 e. The quantitative estimate of drug-likeness (QED) is 0.0385. The fourth-order valence-corrected chi connectivity index (χ4v) is 15.6. The zero-order chi connectivity index (χ0) is 74.7. The van der Waals surface area contributed by atoms with E-state index < -0.39 is 77.4 Å². The number of ether oxygens (including phenoxy) is 4. The van der Waals surface area contributed by atoms with Gasteiger partial charge in [-0.05, 0) is 120 Å². The van der Waals surface area contributed by atoms with E-state index in [9.17, 15) is 53.1 Å². The Balaban J connectivity index is 0.000000164. The number of aromatic nitrogens is 6. The standard InChI is InChI=1S/C36H34ClN7O7S.C19H17ClN4O2S.C18H20N2O6/c1-18-19(2)52-36-29(18)31(21-7-9-22(37)10-8-21)39-24(32-42-41-20(3)43(32)36)17-28(46)38-13-14-50-15-16-51-26-6-4-5-23-30(26)35(49)44(34(23)48)25-11-12-27(45)40-33(25)47;1-9-10(2)27-19-16(9)17(12-4-6-13(20)7-5-12)21-14(8-15(25)26)18-23-22-11(3)24(18)19;1-2-8-25-9-10-26-13-5-3-4-11-15(13)18(24)20(17(11)23)12-6-7-14(21)19-16(12)22/h4-10,24-25H,11-17H2,1-3H3,(H,38,46)(H,40,45,47);4-7,14H,8H2,1-3H3,(H,25,26);3-5,12H,2,6-10H2,1H3,(H,19,21,22)/t24-,25?;14-;/m00./s1. The van der Waals surface area contributed by atoms with Crippen LogP contribution in [-0.4, -0.2) is 173 Å². The first-order chi connectivity index (χ1) is 50.4. The van der Waals surface area contributed by atoms with Crippen molar-refractivity contribution in [1.29, 1.82) is 0 Å². The highest BCUT2D eigenvalue weighted by Crippen LogP contribution is 2.43. The number of hydrogen-bond acceptors (Lipinski definition) is 22. The van der Waals surface area contributed by atoms with Crippen LogP contribution in [0.2, 0.25) is 10.0 Å². The van der Waals surface area contributed by atoms with Crippen LogP contribution < -0.4 is 25.4 Å². The second kappa shape index (κ2) is 31.8. The van der Waals surface area contributed by atoms with Crippen molar-refractivity contribution < 1.29 is 72.0 Å². The maximum absolute atomic E-state index is 13.3. The Morgan fingerprint density at radius 2 is 0.971 bits per heavy atom. The first-order valence-electron chi connectivity index (χ1n) is 33.8. The number of nitrogens with one attached hydrogen (secondary N) is 3. The summed E-state index contributed by atoms with van der Waals surface area (Å²) < 4.78 is 26.4. The number of benzene rings is 4. The third-order valence-corrected chi connectivity index (χ3v) is 21.1. The third kappa shape index (κ3) is 15.3. The van der Waals surface area contributed by atoms with E-state index >= 15 is 0 Å². The molecular formula is C73H71Cl2N13O15S2. The summed E-state index contributed by atoms with van der Waals surface area (Å²) in [5, 5.41) is 37.1. The summed E-state index contributed by atoms with van der Waals surface area (Å²) >= 11 is 15.5. The van der Waals surface area contributed by atoms with Gasteiger partial charge in [-0.3, -0.25) is 87.5 Å². The molecule has 14 rings (SSSR count). The number of hydrogen-bond donors (Lipinski definition) is 4. The number of piperidine rings is 2. The molecule has 6 aliphatic rings. The van der Waals surface area contributed by atoms with Gasteiger partial charge in [-0.1, -0.05) is 66.5 Å². The van der Waals surface area contributed by atoms with Crippen LogP contribution in [-0.2, 0) is 38.2 Å². The topological polar surface area (TPSA) is 357 Å². The molecule has 2 unspecified atom stereocenters. The molecule has 0 aliphatic carbocycles. The summed E-state index contributed by atoms with van der Waals surface area (Å²) in [6.07, 6.45) is 1.08. The van der Waals surface area contributed by atoms with Crippen molar-refractivity contribution in [2.75, 3.05) is 46.2 Å². The lowest BCUT2D eigenvalue weighted by Gasteiger charge is -2.27. The summed E-state index contributed by atoms with van der Waals surface area (Å²) in [7, 11) is 0. The molecule has 544 valence electrons. The number of aryl methyl sites for hydroxylation is 4. The van der Waals surface area contributed by atoms with Gasteiger partial charge >= 0.3 is 5.97 Å². The minimum absolute atomic E-state index is 0.0307. The minimum Gasteiger partial charge on any atom is -0.490 e. The Kier molecular flexibility index (Phi) is 22.5. The van der Waals surface area contributed by atoms with E-state index in [1.165, 1.54) is 17.0 Å². The molecule has 0 bridgehead atoms. The molecule has 2 saturated heterocycles. The maximum Gasteiger partial charge on any atom is 0.306 e. The molecule has 4 aromatic carbocycles. The highest BCUT2D eigenvalue weighted by Gasteiger charge is 2.48. The Morgan fingerprint density at radius 3 is 1.39 bits per heavy atom. The number of thiophene rings is 2. The molecule has 0 spiro atoms. The molecular weight excluding hydrogens is 1430 g/mol. The molecule has 0 saturated carbocycles. The molecule has 4 aromatic heterocycles. The van der Waals surface area contributed by atoms with Gasteiger partial charge in [0.25, 0.3) is 23.6 Å². The van der Waals surface area contributed by atoms with Crippen molar-refractivity contribution in [3.05, 3.63) is 184 Å². The molecule has 32 heteroatoms. The van der Waals surface area contributed by atoms with E-state index in [-0.39, 0.29) is 111 Å². The highest BCUT2D eigenvalue weighted by atomic mass is 35.5. The number of carboxylic acid groups (broad SMARTS) is 1. The lowest BCUT2D eigenvalue weighted by atomic mass is 9.99. The molecule has 28 nitrogen and oxygen atoms in total. The lowest BCUT2D eigenvalue weighted by Crippen LogP contribution is -2.54. The smallest absolute Gasteiger partial charge is 0.306 e. The zero-order valence-corrected chi connectivity index (χ0v) is 61.1. The number of nitrogens with zero attached hydrogens (tertiary/aromatic N) is 10.